The van der Waals surface area contributed by atoms with Crippen LogP contribution in [-0.2, 0) is 16.0 Å². The van der Waals surface area contributed by atoms with Crippen LogP contribution in [0.3, 0.4) is 0 Å². The zero-order valence-corrected chi connectivity index (χ0v) is 15.8. The number of carbonyl (C=O) groups is 2. The third-order valence-corrected chi connectivity index (χ3v) is 4.80. The fourth-order valence-corrected chi connectivity index (χ4v) is 3.38. The van der Waals surface area contributed by atoms with E-state index in [9.17, 15) is 9.59 Å². The Morgan fingerprint density at radius 2 is 2.24 bits per heavy atom. The maximum Gasteiger partial charge on any atom is 0.348 e. The average molecular weight is 377 g/mol. The number of aromatic nitrogens is 1. The molecule has 0 bridgehead atoms. The Bertz CT molecular complexity index is 744. The number of hydrogen-bond donors (Lipinski definition) is 1. The molecule has 0 saturated heterocycles. The normalized spacial score (nSPS) is 11.6. The predicted molar refractivity (Wildman–Crippen MR) is 103 cm³/mol. The molecule has 0 aliphatic rings. The van der Waals surface area contributed by atoms with E-state index in [1.165, 1.54) is 11.3 Å². The van der Waals surface area contributed by atoms with Crippen LogP contribution in [0, 0.1) is 5.92 Å². The summed E-state index contributed by atoms with van der Waals surface area (Å²) in [6.45, 7) is 3.66. The molecule has 1 atom stereocenters. The van der Waals surface area contributed by atoms with Gasteiger partial charge in [-0.15, -0.1) is 11.3 Å². The van der Waals surface area contributed by atoms with E-state index in [-0.39, 0.29) is 17.7 Å². The zero-order chi connectivity index (χ0) is 18.2. The average Bonchev–Trinajstić information content (AvgIpc) is 3.03. The van der Waals surface area contributed by atoms with Crippen molar-refractivity contribution < 1.29 is 14.3 Å². The zero-order valence-electron chi connectivity index (χ0n) is 14.2. The lowest BCUT2D eigenvalue weighted by Crippen LogP contribution is -2.24. The highest BCUT2D eigenvalue weighted by Gasteiger charge is 2.19. The molecule has 2 rings (SSSR count). The smallest absolute Gasteiger partial charge is 0.348 e. The molecule has 2 heterocycles. The predicted octanol–water partition coefficient (Wildman–Crippen LogP) is 3.90. The Labute approximate surface area is 156 Å². The van der Waals surface area contributed by atoms with Crippen LogP contribution in [0.4, 0.5) is 5.69 Å². The molecular formula is C18H20N2O3S2. The van der Waals surface area contributed by atoms with Gasteiger partial charge in [-0.3, -0.25) is 4.98 Å². The molecule has 25 heavy (non-hydrogen) atoms. The summed E-state index contributed by atoms with van der Waals surface area (Å²) in [6, 6.07) is 5.54. The van der Waals surface area contributed by atoms with Crippen LogP contribution in [0.5, 0.6) is 0 Å². The van der Waals surface area contributed by atoms with Gasteiger partial charge in [0.05, 0.1) is 17.3 Å². The highest BCUT2D eigenvalue weighted by molar-refractivity contribution is 7.80. The van der Waals surface area contributed by atoms with E-state index in [0.29, 0.717) is 29.3 Å². The van der Waals surface area contributed by atoms with E-state index in [2.05, 4.69) is 10.3 Å². The summed E-state index contributed by atoms with van der Waals surface area (Å²) >= 11 is 6.80. The van der Waals surface area contributed by atoms with E-state index in [4.69, 9.17) is 17.0 Å². The number of ketones is 1. The number of nitrogens with zero attached hydrogens (tertiary/aromatic N) is 1. The molecule has 0 aromatic carbocycles. The van der Waals surface area contributed by atoms with Crippen LogP contribution in [0.25, 0.3) is 0 Å². The Hall–Kier alpha value is -2.12. The summed E-state index contributed by atoms with van der Waals surface area (Å²) in [7, 11) is 0. The number of thiophene rings is 1. The first-order chi connectivity index (χ1) is 12.0. The lowest BCUT2D eigenvalue weighted by molar-refractivity contribution is -0.117. The first-order valence-electron chi connectivity index (χ1n) is 7.94. The molecule has 0 fully saturated rings. The Kier molecular flexibility index (Phi) is 7.21. The summed E-state index contributed by atoms with van der Waals surface area (Å²) in [5.74, 6) is -0.389. The number of Topliss-reactive ketones (excluding diaryl/α,β-unsaturated/α-hetero) is 1. The van der Waals surface area contributed by atoms with Crippen LogP contribution < -0.4 is 5.32 Å². The van der Waals surface area contributed by atoms with Crippen molar-refractivity contribution in [2.24, 2.45) is 5.92 Å². The van der Waals surface area contributed by atoms with Gasteiger partial charge in [0.25, 0.3) is 0 Å². The van der Waals surface area contributed by atoms with E-state index in [0.717, 1.165) is 11.3 Å². The van der Waals surface area contributed by atoms with Crippen molar-refractivity contribution in [2.45, 2.75) is 26.7 Å². The topological polar surface area (TPSA) is 68.3 Å². The van der Waals surface area contributed by atoms with Gasteiger partial charge < -0.3 is 14.8 Å². The minimum atomic E-state index is -0.345. The molecule has 0 amide bonds. The van der Waals surface area contributed by atoms with Gasteiger partial charge >= 0.3 is 5.97 Å². The maximum atomic E-state index is 11.7. The largest absolute Gasteiger partial charge is 0.462 e. The van der Waals surface area contributed by atoms with Crippen molar-refractivity contribution in [1.82, 2.24) is 4.98 Å². The monoisotopic (exact) mass is 376 g/mol. The van der Waals surface area contributed by atoms with Gasteiger partial charge in [-0.25, -0.2) is 4.79 Å². The van der Waals surface area contributed by atoms with Crippen LogP contribution >= 0.6 is 23.6 Å². The lowest BCUT2D eigenvalue weighted by atomic mass is 9.95. The third-order valence-electron chi connectivity index (χ3n) is 3.45. The van der Waals surface area contributed by atoms with Gasteiger partial charge in [0.2, 0.25) is 0 Å². The van der Waals surface area contributed by atoms with E-state index >= 15 is 0 Å². The van der Waals surface area contributed by atoms with Gasteiger partial charge in [0.15, 0.2) is 0 Å². The first kappa shape index (κ1) is 19.2. The van der Waals surface area contributed by atoms with Crippen molar-refractivity contribution in [3.05, 3.63) is 46.4 Å². The summed E-state index contributed by atoms with van der Waals surface area (Å²) < 4.78 is 4.98. The molecule has 5 nitrogen and oxygen atoms in total. The molecule has 0 aliphatic heterocycles. The molecule has 2 aromatic heterocycles. The van der Waals surface area contributed by atoms with Gasteiger partial charge in [0, 0.05) is 30.1 Å². The standard InChI is InChI=1S/C18H20N2O3S2/c1-3-23-18(22)16-9-15(11-25-16)20-17(24)14(7-12(2)21)8-13-5-4-6-19-10-13/h4-6,9-11,14H,3,7-8H2,1-2H3,(H,20,24). The van der Waals surface area contributed by atoms with E-state index in [1.54, 1.807) is 32.3 Å². The molecule has 1 N–H and O–H groups in total. The Balaban J connectivity index is 2.06. The Morgan fingerprint density at radius 1 is 1.44 bits per heavy atom. The van der Waals surface area contributed by atoms with Gasteiger partial charge in [0.1, 0.15) is 10.7 Å². The van der Waals surface area contributed by atoms with Crippen molar-refractivity contribution in [2.75, 3.05) is 11.9 Å². The molecule has 132 valence electrons. The molecule has 0 radical (unpaired) electrons. The Morgan fingerprint density at radius 3 is 2.88 bits per heavy atom. The van der Waals surface area contributed by atoms with Crippen LogP contribution in [0.2, 0.25) is 0 Å². The van der Waals surface area contributed by atoms with Gasteiger partial charge in [-0.2, -0.15) is 0 Å². The minimum absolute atomic E-state index is 0.0792. The highest BCUT2D eigenvalue weighted by Crippen LogP contribution is 2.23. The number of rotatable bonds is 8. The van der Waals surface area contributed by atoms with Crippen LogP contribution in [0.15, 0.2) is 36.0 Å². The second kappa shape index (κ2) is 9.39. The first-order valence-corrected chi connectivity index (χ1v) is 9.23. The third kappa shape index (κ3) is 6.03. The SMILES string of the molecule is CCOC(=O)c1cc(NC(=S)C(CC(C)=O)Cc2cccnc2)cs1. The molecule has 0 saturated carbocycles. The minimum Gasteiger partial charge on any atom is -0.462 e. The second-order valence-electron chi connectivity index (χ2n) is 5.58. The number of thiocarbonyl (C=S) groups is 1. The molecule has 1 unspecified atom stereocenters. The summed E-state index contributed by atoms with van der Waals surface area (Å²) in [5.41, 5.74) is 1.76. The number of ether oxygens (including phenoxy) is 1. The molecule has 2 aromatic rings. The summed E-state index contributed by atoms with van der Waals surface area (Å²) in [4.78, 5) is 28.5. The second-order valence-corrected chi connectivity index (χ2v) is 6.93. The molecule has 7 heteroatoms. The number of esters is 1. The maximum absolute atomic E-state index is 11.7. The highest BCUT2D eigenvalue weighted by atomic mass is 32.1. The fraction of sp³-hybridized carbons (Fsp3) is 0.333. The van der Waals surface area contributed by atoms with Gasteiger partial charge in [-0.05, 0) is 38.0 Å². The molecular weight excluding hydrogens is 356 g/mol. The molecule has 0 aliphatic carbocycles. The number of anilines is 1. The van der Waals surface area contributed by atoms with Crippen LogP contribution in [-0.4, -0.2) is 28.3 Å². The van der Waals surface area contributed by atoms with Crippen LogP contribution in [0.1, 0.15) is 35.5 Å². The van der Waals surface area contributed by atoms with E-state index < -0.39 is 0 Å². The quantitative estimate of drug-likeness (QED) is 0.557. The van der Waals surface area contributed by atoms with Crippen molar-refractivity contribution in [3.63, 3.8) is 0 Å². The van der Waals surface area contributed by atoms with Crippen molar-refractivity contribution in [1.29, 1.82) is 0 Å². The van der Waals surface area contributed by atoms with Crippen molar-refractivity contribution >= 4 is 46.0 Å². The number of carbonyl (C=O) groups excluding carboxylic acids is 2. The summed E-state index contributed by atoms with van der Waals surface area (Å²) in [5, 5.41) is 4.96. The number of pyridine rings is 1. The fourth-order valence-electron chi connectivity index (χ4n) is 2.36. The molecule has 0 spiro atoms. The lowest BCUT2D eigenvalue weighted by Gasteiger charge is -2.18. The van der Waals surface area contributed by atoms with Crippen molar-refractivity contribution in [3.8, 4) is 0 Å². The van der Waals surface area contributed by atoms with E-state index in [1.807, 2.05) is 17.5 Å². The number of nitrogens with one attached hydrogen (secondary N) is 1. The van der Waals surface area contributed by atoms with Gasteiger partial charge in [-0.1, -0.05) is 18.3 Å². The number of hydrogen-bond acceptors (Lipinski definition) is 6. The summed E-state index contributed by atoms with van der Waals surface area (Å²) in [6.07, 6.45) is 4.48.